The van der Waals surface area contributed by atoms with Crippen molar-refractivity contribution in [2.24, 2.45) is 0 Å². The fraction of sp³-hybridized carbons (Fsp3) is 0.455. The van der Waals surface area contributed by atoms with Crippen molar-refractivity contribution in [2.75, 3.05) is 6.54 Å². The van der Waals surface area contributed by atoms with Gasteiger partial charge in [0.2, 0.25) is 0 Å². The molecule has 0 radical (unpaired) electrons. The Morgan fingerprint density at radius 1 is 1.14 bits per heavy atom. The summed E-state index contributed by atoms with van der Waals surface area (Å²) in [5, 5.41) is 10.8. The van der Waals surface area contributed by atoms with E-state index in [4.69, 9.17) is 0 Å². The van der Waals surface area contributed by atoms with Crippen molar-refractivity contribution in [1.82, 2.24) is 8.85 Å². The number of hydrogen-bond acceptors (Lipinski definition) is 6. The SMILES string of the molecule is CCCCCNS(=O)(=O)NS(=O)(=O)c1ccccc1[N+](=O)[O-]. The monoisotopic (exact) mass is 351 g/mol. The first-order valence-corrected chi connectivity index (χ1v) is 9.43. The highest BCUT2D eigenvalue weighted by molar-refractivity contribution is 8.03. The number of nitro benzene ring substituents is 1. The van der Waals surface area contributed by atoms with Crippen LogP contribution in [0.4, 0.5) is 5.69 Å². The normalized spacial score (nSPS) is 12.2. The van der Waals surface area contributed by atoms with Gasteiger partial charge in [0.15, 0.2) is 4.90 Å². The van der Waals surface area contributed by atoms with E-state index in [9.17, 15) is 26.9 Å². The predicted octanol–water partition coefficient (Wildman–Crippen LogP) is 0.898. The van der Waals surface area contributed by atoms with Gasteiger partial charge in [-0.3, -0.25) is 10.1 Å². The topological polar surface area (TPSA) is 135 Å². The molecule has 0 bridgehead atoms. The van der Waals surface area contributed by atoms with E-state index in [2.05, 4.69) is 4.72 Å². The van der Waals surface area contributed by atoms with Crippen LogP contribution in [0, 0.1) is 10.1 Å². The Bertz CT molecular complexity index is 730. The summed E-state index contributed by atoms with van der Waals surface area (Å²) >= 11 is 0. The van der Waals surface area contributed by atoms with Crippen LogP contribution >= 0.6 is 0 Å². The average Bonchev–Trinajstić information content (AvgIpc) is 2.42. The zero-order chi connectivity index (χ0) is 16.8. The van der Waals surface area contributed by atoms with Crippen molar-refractivity contribution in [2.45, 2.75) is 31.1 Å². The Labute approximate surface area is 129 Å². The molecule has 0 saturated carbocycles. The lowest BCUT2D eigenvalue weighted by Crippen LogP contribution is -2.40. The van der Waals surface area contributed by atoms with E-state index in [0.717, 1.165) is 25.0 Å². The van der Waals surface area contributed by atoms with Gasteiger partial charge in [-0.15, -0.1) is 0 Å². The number of rotatable bonds is 9. The van der Waals surface area contributed by atoms with Crippen LogP contribution < -0.4 is 8.85 Å². The standard InChI is InChI=1S/C11H17N3O6S2/c1-2-3-6-9-12-22(19,20)13-21(17,18)11-8-5-4-7-10(11)14(15)16/h4-5,7-8,12-13H,2-3,6,9H2,1H3. The fourth-order valence-corrected chi connectivity index (χ4v) is 4.47. The minimum atomic E-state index is -4.58. The van der Waals surface area contributed by atoms with E-state index in [0.29, 0.717) is 6.42 Å². The van der Waals surface area contributed by atoms with E-state index < -0.39 is 35.7 Å². The molecule has 2 N–H and O–H groups in total. The van der Waals surface area contributed by atoms with Gasteiger partial charge in [0.25, 0.3) is 25.9 Å². The number of nitrogens with zero attached hydrogens (tertiary/aromatic N) is 1. The molecular weight excluding hydrogens is 334 g/mol. The van der Waals surface area contributed by atoms with Crippen LogP contribution in [0.1, 0.15) is 26.2 Å². The summed E-state index contributed by atoms with van der Waals surface area (Å²) < 4.78 is 51.0. The van der Waals surface area contributed by atoms with E-state index >= 15 is 0 Å². The highest BCUT2D eigenvalue weighted by Gasteiger charge is 2.29. The molecule has 22 heavy (non-hydrogen) atoms. The summed E-state index contributed by atoms with van der Waals surface area (Å²) in [6, 6.07) is 4.50. The average molecular weight is 351 g/mol. The number of nitrogens with one attached hydrogen (secondary N) is 2. The molecule has 0 aliphatic carbocycles. The van der Waals surface area contributed by atoms with Crippen LogP contribution in [0.2, 0.25) is 0 Å². The van der Waals surface area contributed by atoms with Crippen LogP contribution in [0.5, 0.6) is 0 Å². The van der Waals surface area contributed by atoms with Crippen LogP contribution in [-0.4, -0.2) is 28.3 Å². The van der Waals surface area contributed by atoms with Gasteiger partial charge in [0.05, 0.1) is 4.92 Å². The van der Waals surface area contributed by atoms with E-state index in [1.807, 2.05) is 6.92 Å². The van der Waals surface area contributed by atoms with Crippen molar-refractivity contribution < 1.29 is 21.8 Å². The zero-order valence-corrected chi connectivity index (χ0v) is 13.5. The summed E-state index contributed by atoms with van der Waals surface area (Å²) in [5.74, 6) is 0. The molecular formula is C11H17N3O6S2. The summed E-state index contributed by atoms with van der Waals surface area (Å²) in [6.45, 7) is 2.02. The van der Waals surface area contributed by atoms with Gasteiger partial charge >= 0.3 is 0 Å². The van der Waals surface area contributed by atoms with Crippen LogP contribution in [0.25, 0.3) is 0 Å². The van der Waals surface area contributed by atoms with Gasteiger partial charge in [-0.25, -0.2) is 13.1 Å². The Morgan fingerprint density at radius 2 is 1.77 bits per heavy atom. The van der Waals surface area contributed by atoms with E-state index in [1.165, 1.54) is 16.3 Å². The molecule has 9 nitrogen and oxygen atoms in total. The molecule has 0 heterocycles. The molecule has 0 aliphatic rings. The van der Waals surface area contributed by atoms with Crippen molar-refractivity contribution in [3.8, 4) is 0 Å². The Morgan fingerprint density at radius 3 is 2.36 bits per heavy atom. The molecule has 0 spiro atoms. The molecule has 124 valence electrons. The molecule has 0 unspecified atom stereocenters. The second-order valence-corrected chi connectivity index (χ2v) is 7.83. The van der Waals surface area contributed by atoms with Crippen LogP contribution in [-0.2, 0) is 20.2 Å². The lowest BCUT2D eigenvalue weighted by atomic mass is 10.3. The van der Waals surface area contributed by atoms with Crippen molar-refractivity contribution in [3.05, 3.63) is 34.4 Å². The first-order valence-electron chi connectivity index (χ1n) is 6.46. The maximum atomic E-state index is 12.0. The largest absolute Gasteiger partial charge is 0.290 e. The lowest BCUT2D eigenvalue weighted by Gasteiger charge is -2.09. The van der Waals surface area contributed by atoms with Gasteiger partial charge in [-0.05, 0) is 12.5 Å². The summed E-state index contributed by atoms with van der Waals surface area (Å²) in [5.41, 5.74) is -0.698. The maximum Gasteiger partial charge on any atom is 0.290 e. The Kier molecular flexibility index (Phi) is 6.41. The molecule has 1 aromatic carbocycles. The fourth-order valence-electron chi connectivity index (χ4n) is 1.64. The highest BCUT2D eigenvalue weighted by atomic mass is 32.3. The Balaban J connectivity index is 2.94. The molecule has 0 saturated heterocycles. The van der Waals surface area contributed by atoms with Crippen LogP contribution in [0.15, 0.2) is 29.2 Å². The third-order valence-electron chi connectivity index (χ3n) is 2.64. The molecule has 0 fully saturated rings. The third-order valence-corrected chi connectivity index (χ3v) is 5.91. The van der Waals surface area contributed by atoms with Crippen molar-refractivity contribution >= 4 is 25.9 Å². The van der Waals surface area contributed by atoms with Crippen LogP contribution in [0.3, 0.4) is 0 Å². The summed E-state index contributed by atoms with van der Waals surface area (Å²) in [4.78, 5) is 9.22. The first-order chi connectivity index (χ1) is 10.2. The maximum absolute atomic E-state index is 12.0. The van der Waals surface area contributed by atoms with E-state index in [1.54, 1.807) is 0 Å². The number of sulfonamides is 1. The smallest absolute Gasteiger partial charge is 0.258 e. The minimum absolute atomic E-state index is 0.0789. The molecule has 11 heteroatoms. The quantitative estimate of drug-likeness (QED) is 0.385. The number of hydrogen-bond donors (Lipinski definition) is 2. The molecule has 1 aromatic rings. The number of unbranched alkanes of at least 4 members (excludes halogenated alkanes) is 2. The second-order valence-electron chi connectivity index (χ2n) is 4.42. The Hall–Kier alpha value is -1.56. The number of benzene rings is 1. The molecule has 0 amide bonds. The molecule has 0 atom stereocenters. The second kappa shape index (κ2) is 7.63. The van der Waals surface area contributed by atoms with Crippen molar-refractivity contribution in [3.63, 3.8) is 0 Å². The molecule has 1 rings (SSSR count). The minimum Gasteiger partial charge on any atom is -0.258 e. The predicted molar refractivity (Wildman–Crippen MR) is 79.9 cm³/mol. The van der Waals surface area contributed by atoms with Crippen molar-refractivity contribution in [1.29, 1.82) is 0 Å². The van der Waals surface area contributed by atoms with Gasteiger partial charge < -0.3 is 0 Å². The van der Waals surface area contributed by atoms with Gasteiger partial charge in [0.1, 0.15) is 0 Å². The number of nitro groups is 1. The third kappa shape index (κ3) is 5.33. The highest BCUT2D eigenvalue weighted by Crippen LogP contribution is 2.22. The van der Waals surface area contributed by atoms with E-state index in [-0.39, 0.29) is 6.54 Å². The lowest BCUT2D eigenvalue weighted by molar-refractivity contribution is -0.387. The van der Waals surface area contributed by atoms with Gasteiger partial charge in [0, 0.05) is 12.6 Å². The zero-order valence-electron chi connectivity index (χ0n) is 11.9. The van der Waals surface area contributed by atoms with Gasteiger partial charge in [-0.1, -0.05) is 36.0 Å². The molecule has 0 aromatic heterocycles. The number of para-hydroxylation sites is 1. The molecule has 0 aliphatic heterocycles. The first kappa shape index (κ1) is 18.5. The summed E-state index contributed by atoms with van der Waals surface area (Å²) in [7, 11) is -8.90. The van der Waals surface area contributed by atoms with Gasteiger partial charge in [-0.2, -0.15) is 8.42 Å². The summed E-state index contributed by atoms with van der Waals surface area (Å²) in [6.07, 6.45) is 2.23.